The van der Waals surface area contributed by atoms with Gasteiger partial charge >= 0.3 is 0 Å². The zero-order valence-corrected chi connectivity index (χ0v) is 17.3. The number of carbonyl (C=O) groups excluding carboxylic acids is 1. The summed E-state index contributed by atoms with van der Waals surface area (Å²) in [7, 11) is 1.71. The first-order valence-electron chi connectivity index (χ1n) is 10.3. The van der Waals surface area contributed by atoms with Crippen molar-refractivity contribution in [3.8, 4) is 5.75 Å². The smallest absolute Gasteiger partial charge is 0.226 e. The summed E-state index contributed by atoms with van der Waals surface area (Å²) in [5.41, 5.74) is 1.91. The molecule has 0 aromatic heterocycles. The lowest BCUT2D eigenvalue weighted by atomic mass is 10.2. The Balaban J connectivity index is 1.50. The second-order valence-corrected chi connectivity index (χ2v) is 7.23. The molecule has 0 aliphatic carbocycles. The summed E-state index contributed by atoms with van der Waals surface area (Å²) < 4.78 is 18.7. The van der Waals surface area contributed by atoms with E-state index in [1.807, 2.05) is 25.1 Å². The molecule has 0 bridgehead atoms. The van der Waals surface area contributed by atoms with Crippen molar-refractivity contribution in [3.63, 3.8) is 0 Å². The van der Waals surface area contributed by atoms with Gasteiger partial charge in [0.15, 0.2) is 0 Å². The number of anilines is 2. The van der Waals surface area contributed by atoms with Crippen molar-refractivity contribution < 1.29 is 13.9 Å². The lowest BCUT2D eigenvalue weighted by Gasteiger charge is -2.37. The van der Waals surface area contributed by atoms with Crippen LogP contribution in [0.2, 0.25) is 0 Å². The first-order valence-corrected chi connectivity index (χ1v) is 10.3. The molecule has 1 saturated heterocycles. The summed E-state index contributed by atoms with van der Waals surface area (Å²) in [6.45, 7) is 7.31. The van der Waals surface area contributed by atoms with Crippen LogP contribution < -0.4 is 14.5 Å². The molecule has 6 heteroatoms. The number of hydrogen-bond acceptors (Lipinski definition) is 4. The molecule has 156 valence electrons. The molecule has 1 fully saturated rings. The summed E-state index contributed by atoms with van der Waals surface area (Å²) >= 11 is 0. The largest absolute Gasteiger partial charge is 0.495 e. The predicted octanol–water partition coefficient (Wildman–Crippen LogP) is 3.79. The standard InChI is InChI=1S/C23H30FN3O2/c1-3-23(28)27(20-11-9-19(24)10-12-20)14-6-13-25-15-17-26(18-16-25)21-7-4-5-8-22(21)29-2/h4-5,7-12H,3,6,13-18H2,1-2H3. The van der Waals surface area contributed by atoms with E-state index in [4.69, 9.17) is 4.74 Å². The fourth-order valence-electron chi connectivity index (χ4n) is 3.77. The van der Waals surface area contributed by atoms with E-state index in [0.717, 1.165) is 56.3 Å². The summed E-state index contributed by atoms with van der Waals surface area (Å²) in [6, 6.07) is 14.3. The van der Waals surface area contributed by atoms with Crippen LogP contribution >= 0.6 is 0 Å². The van der Waals surface area contributed by atoms with Gasteiger partial charge in [0, 0.05) is 44.8 Å². The highest BCUT2D eigenvalue weighted by atomic mass is 19.1. The Morgan fingerprint density at radius 2 is 1.76 bits per heavy atom. The van der Waals surface area contributed by atoms with Crippen molar-refractivity contribution in [1.82, 2.24) is 4.90 Å². The van der Waals surface area contributed by atoms with Crippen LogP contribution in [0, 0.1) is 5.82 Å². The maximum atomic E-state index is 13.2. The molecule has 0 unspecified atom stereocenters. The molecule has 0 radical (unpaired) electrons. The molecule has 1 aliphatic rings. The van der Waals surface area contributed by atoms with Crippen molar-refractivity contribution in [3.05, 3.63) is 54.3 Å². The molecular formula is C23H30FN3O2. The van der Waals surface area contributed by atoms with Crippen LogP contribution in [0.4, 0.5) is 15.8 Å². The van der Waals surface area contributed by atoms with Crippen molar-refractivity contribution in [2.45, 2.75) is 19.8 Å². The van der Waals surface area contributed by atoms with Gasteiger partial charge in [-0.15, -0.1) is 0 Å². The number of para-hydroxylation sites is 2. The van der Waals surface area contributed by atoms with Crippen LogP contribution in [-0.4, -0.2) is 57.2 Å². The van der Waals surface area contributed by atoms with Crippen LogP contribution in [0.25, 0.3) is 0 Å². The van der Waals surface area contributed by atoms with E-state index in [1.165, 1.54) is 12.1 Å². The minimum Gasteiger partial charge on any atom is -0.495 e. The molecule has 2 aromatic rings. The number of carbonyl (C=O) groups is 1. The Kier molecular flexibility index (Phi) is 7.47. The maximum absolute atomic E-state index is 13.2. The Bertz CT molecular complexity index is 789. The fraction of sp³-hybridized carbons (Fsp3) is 0.435. The van der Waals surface area contributed by atoms with Crippen LogP contribution in [-0.2, 0) is 4.79 Å². The first kappa shape index (κ1) is 21.1. The van der Waals surface area contributed by atoms with Gasteiger partial charge < -0.3 is 14.5 Å². The number of amides is 1. The van der Waals surface area contributed by atoms with E-state index in [0.29, 0.717) is 13.0 Å². The minimum atomic E-state index is -0.287. The third-order valence-corrected chi connectivity index (χ3v) is 5.40. The van der Waals surface area contributed by atoms with E-state index in [-0.39, 0.29) is 11.7 Å². The summed E-state index contributed by atoms with van der Waals surface area (Å²) in [5, 5.41) is 0. The molecule has 0 N–H and O–H groups in total. The Morgan fingerprint density at radius 1 is 1.07 bits per heavy atom. The molecule has 2 aromatic carbocycles. The third-order valence-electron chi connectivity index (χ3n) is 5.40. The van der Waals surface area contributed by atoms with Crippen molar-refractivity contribution >= 4 is 17.3 Å². The van der Waals surface area contributed by atoms with Crippen LogP contribution in [0.1, 0.15) is 19.8 Å². The van der Waals surface area contributed by atoms with Gasteiger partial charge in [-0.05, 0) is 49.4 Å². The SMILES string of the molecule is CCC(=O)N(CCCN1CCN(c2ccccc2OC)CC1)c1ccc(F)cc1. The summed E-state index contributed by atoms with van der Waals surface area (Å²) in [4.78, 5) is 18.9. The highest BCUT2D eigenvalue weighted by Crippen LogP contribution is 2.28. The van der Waals surface area contributed by atoms with E-state index >= 15 is 0 Å². The van der Waals surface area contributed by atoms with Gasteiger partial charge in [-0.25, -0.2) is 4.39 Å². The molecular weight excluding hydrogens is 369 g/mol. The highest BCUT2D eigenvalue weighted by molar-refractivity contribution is 5.93. The van der Waals surface area contributed by atoms with Crippen molar-refractivity contribution in [2.24, 2.45) is 0 Å². The van der Waals surface area contributed by atoms with Gasteiger partial charge in [0.2, 0.25) is 5.91 Å². The van der Waals surface area contributed by atoms with Crippen LogP contribution in [0.15, 0.2) is 48.5 Å². The number of methoxy groups -OCH3 is 1. The van der Waals surface area contributed by atoms with Gasteiger partial charge in [0.05, 0.1) is 12.8 Å². The number of ether oxygens (including phenoxy) is 1. The number of rotatable bonds is 8. The number of piperazine rings is 1. The molecule has 1 aliphatic heterocycles. The molecule has 0 spiro atoms. The molecule has 0 atom stereocenters. The van der Waals surface area contributed by atoms with Gasteiger partial charge in [0.25, 0.3) is 0 Å². The topological polar surface area (TPSA) is 36.0 Å². The van der Waals surface area contributed by atoms with Gasteiger partial charge in [-0.2, -0.15) is 0 Å². The fourth-order valence-corrected chi connectivity index (χ4v) is 3.77. The van der Waals surface area contributed by atoms with Crippen molar-refractivity contribution in [2.75, 3.05) is 56.2 Å². The third kappa shape index (κ3) is 5.48. The molecule has 29 heavy (non-hydrogen) atoms. The lowest BCUT2D eigenvalue weighted by molar-refractivity contribution is -0.118. The van der Waals surface area contributed by atoms with E-state index in [2.05, 4.69) is 15.9 Å². The summed E-state index contributed by atoms with van der Waals surface area (Å²) in [5.74, 6) is 0.692. The maximum Gasteiger partial charge on any atom is 0.226 e. The monoisotopic (exact) mass is 399 g/mol. The Hall–Kier alpha value is -2.60. The second-order valence-electron chi connectivity index (χ2n) is 7.23. The molecule has 0 saturated carbocycles. The lowest BCUT2D eigenvalue weighted by Crippen LogP contribution is -2.47. The van der Waals surface area contributed by atoms with E-state index in [1.54, 1.807) is 24.1 Å². The van der Waals surface area contributed by atoms with Gasteiger partial charge in [-0.1, -0.05) is 19.1 Å². The molecule has 3 rings (SSSR count). The van der Waals surface area contributed by atoms with Gasteiger partial charge in [0.1, 0.15) is 11.6 Å². The molecule has 5 nitrogen and oxygen atoms in total. The quantitative estimate of drug-likeness (QED) is 0.677. The molecule has 1 heterocycles. The average Bonchev–Trinajstić information content (AvgIpc) is 2.77. The second kappa shape index (κ2) is 10.3. The predicted molar refractivity (Wildman–Crippen MR) is 115 cm³/mol. The average molecular weight is 400 g/mol. The first-order chi connectivity index (χ1) is 14.1. The van der Waals surface area contributed by atoms with Crippen LogP contribution in [0.5, 0.6) is 5.75 Å². The number of nitrogens with zero attached hydrogens (tertiary/aromatic N) is 3. The minimum absolute atomic E-state index is 0.0672. The normalized spacial score (nSPS) is 14.7. The Labute approximate surface area is 172 Å². The highest BCUT2D eigenvalue weighted by Gasteiger charge is 2.20. The van der Waals surface area contributed by atoms with E-state index in [9.17, 15) is 9.18 Å². The molecule has 1 amide bonds. The summed E-state index contributed by atoms with van der Waals surface area (Å²) in [6.07, 6.45) is 1.33. The zero-order chi connectivity index (χ0) is 20.6. The Morgan fingerprint density at radius 3 is 2.41 bits per heavy atom. The van der Waals surface area contributed by atoms with E-state index < -0.39 is 0 Å². The number of halogens is 1. The zero-order valence-electron chi connectivity index (χ0n) is 17.3. The number of hydrogen-bond donors (Lipinski definition) is 0. The van der Waals surface area contributed by atoms with Gasteiger partial charge in [-0.3, -0.25) is 9.69 Å². The number of benzene rings is 2. The van der Waals surface area contributed by atoms with Crippen LogP contribution in [0.3, 0.4) is 0 Å². The van der Waals surface area contributed by atoms with Crippen molar-refractivity contribution in [1.29, 1.82) is 0 Å².